The number of nitrogens with one attached hydrogen (secondary N) is 3. The number of thiophene rings is 2. The number of fused-ring (bicyclic) bond motifs is 1. The third kappa shape index (κ3) is 14.5. The molecular formula is C19H27ClN6O13S6. The van der Waals surface area contributed by atoms with Gasteiger partial charge in [0.05, 0.1) is 19.6 Å². The number of nitrogens with two attached hydrogens (primary N) is 2. The molecule has 8 N–H and O–H groups in total. The maximum atomic E-state index is 12.1. The van der Waals surface area contributed by atoms with Gasteiger partial charge in [0.15, 0.2) is 0 Å². The number of ether oxygens (including phenoxy) is 1. The summed E-state index contributed by atoms with van der Waals surface area (Å²) in [7, 11) is -13.7. The second kappa shape index (κ2) is 16.2. The predicted octanol–water partition coefficient (Wildman–Crippen LogP) is -0.873. The van der Waals surface area contributed by atoms with E-state index in [0.29, 0.717) is 0 Å². The molecule has 19 nitrogen and oxygen atoms in total. The van der Waals surface area contributed by atoms with Gasteiger partial charge in [-0.25, -0.2) is 39.8 Å². The van der Waals surface area contributed by atoms with Crippen molar-refractivity contribution in [1.29, 1.82) is 0 Å². The van der Waals surface area contributed by atoms with E-state index in [1.807, 2.05) is 0 Å². The number of halogens is 1. The third-order valence-corrected chi connectivity index (χ3v) is 10.6. The maximum absolute atomic E-state index is 12.1. The molecule has 2 aromatic rings. The Hall–Kier alpha value is -2.75. The van der Waals surface area contributed by atoms with E-state index in [1.54, 1.807) is 0 Å². The van der Waals surface area contributed by atoms with Gasteiger partial charge < -0.3 is 20.9 Å². The van der Waals surface area contributed by atoms with Gasteiger partial charge in [-0.05, 0) is 27.9 Å². The number of hydrogen-bond acceptors (Lipinski definition) is 16. The quantitative estimate of drug-likeness (QED) is 0.0918. The molecule has 0 amide bonds. The fourth-order valence-electron chi connectivity index (χ4n) is 2.89. The zero-order valence-corrected chi connectivity index (χ0v) is 28.9. The number of methoxy groups -OCH3 is 1. The second-order valence-corrected chi connectivity index (χ2v) is 17.3. The minimum atomic E-state index is -4.05. The molecule has 3 heterocycles. The van der Waals surface area contributed by atoms with Crippen molar-refractivity contribution in [3.63, 3.8) is 0 Å². The molecule has 3 rings (SSSR count). The number of rotatable bonds is 11. The normalized spacial score (nSPS) is 13.8. The summed E-state index contributed by atoms with van der Waals surface area (Å²) in [6, 6.07) is 0. The number of anilines is 2. The molecule has 2 aromatic heterocycles. The molecule has 0 radical (unpaired) electrons. The number of aliphatic carboxylic acids is 1. The molecule has 0 saturated carbocycles. The van der Waals surface area contributed by atoms with E-state index in [2.05, 4.69) is 23.9 Å². The molecule has 0 unspecified atom stereocenters. The van der Waals surface area contributed by atoms with Gasteiger partial charge in [-0.15, -0.1) is 27.1 Å². The van der Waals surface area contributed by atoms with Crippen molar-refractivity contribution in [3.05, 3.63) is 21.9 Å². The van der Waals surface area contributed by atoms with E-state index in [4.69, 9.17) is 27.6 Å². The van der Waals surface area contributed by atoms with Gasteiger partial charge >= 0.3 is 11.9 Å². The maximum Gasteiger partial charge on any atom is 0.314 e. The van der Waals surface area contributed by atoms with E-state index in [0.717, 1.165) is 35.2 Å². The van der Waals surface area contributed by atoms with Crippen molar-refractivity contribution in [1.82, 2.24) is 9.44 Å². The number of sulfonamides is 4. The highest BCUT2D eigenvalue weighted by atomic mass is 35.5. The summed E-state index contributed by atoms with van der Waals surface area (Å²) in [6.07, 6.45) is 1.03. The van der Waals surface area contributed by atoms with Crippen LogP contribution in [0.2, 0.25) is 0 Å². The number of nitrogens with zero attached hydrogens (tertiary/aromatic N) is 1. The Morgan fingerprint density at radius 2 is 1.53 bits per heavy atom. The van der Waals surface area contributed by atoms with Crippen LogP contribution in [-0.4, -0.2) is 81.4 Å². The summed E-state index contributed by atoms with van der Waals surface area (Å²) in [4.78, 5) is 30.3. The highest BCUT2D eigenvalue weighted by Gasteiger charge is 2.30. The Balaban J connectivity index is 0.000000373. The number of carboxylic acid groups (broad SMARTS) is 1. The van der Waals surface area contributed by atoms with Crippen molar-refractivity contribution in [2.24, 2.45) is 9.54 Å². The molecule has 254 valence electrons. The molecule has 0 fully saturated rings. The van der Waals surface area contributed by atoms with Gasteiger partial charge in [-0.2, -0.15) is 8.42 Å². The van der Waals surface area contributed by atoms with Crippen LogP contribution in [0.3, 0.4) is 0 Å². The smallest absolute Gasteiger partial charge is 0.314 e. The lowest BCUT2D eigenvalue weighted by Gasteiger charge is -2.14. The van der Waals surface area contributed by atoms with Crippen LogP contribution in [0.25, 0.3) is 0 Å². The molecule has 0 aliphatic carbocycles. The number of esters is 1. The molecular weight excluding hydrogens is 748 g/mol. The second-order valence-electron chi connectivity index (χ2n) is 8.42. The summed E-state index contributed by atoms with van der Waals surface area (Å²) in [5.41, 5.74) is 5.95. The van der Waals surface area contributed by atoms with Gasteiger partial charge in [-0.1, -0.05) is 0 Å². The van der Waals surface area contributed by atoms with E-state index >= 15 is 0 Å². The number of carboxylic acids is 1. The van der Waals surface area contributed by atoms with Crippen LogP contribution in [0.1, 0.15) is 24.0 Å². The molecule has 0 aromatic carbocycles. The zero-order chi connectivity index (χ0) is 35.0. The van der Waals surface area contributed by atoms with Gasteiger partial charge in [0.2, 0.25) is 35.3 Å². The average molecular weight is 775 g/mol. The summed E-state index contributed by atoms with van der Waals surface area (Å²) >= 11 is 6.84. The standard InChI is InChI=1S/C9H11N3O6S3.C6H11N3O4S3.C4H5ClO3/c1-20(15,16)10-3-5-4-19-9-8(5)21(17,18)12-6(11-9)2-7(13)14;1-15(10,11)9-2-4-3-14-6(7)5(4)16(8,12)13;1-8-4(7)2-3(5)6/h4,10H,2-3H2,1H3,(H,11,12)(H,13,14);3,9H,2,7H2,1H3,(H2,8,12,13);2H2,1H3. The average Bonchev–Trinajstić information content (AvgIpc) is 3.43. The molecule has 0 bridgehead atoms. The predicted molar refractivity (Wildman–Crippen MR) is 166 cm³/mol. The van der Waals surface area contributed by atoms with Crippen molar-refractivity contribution in [3.8, 4) is 0 Å². The Morgan fingerprint density at radius 1 is 1.02 bits per heavy atom. The fourth-order valence-corrected chi connectivity index (χ4v) is 8.53. The van der Waals surface area contributed by atoms with Crippen LogP contribution >= 0.6 is 34.3 Å². The Labute approximate surface area is 271 Å². The topological polar surface area (TPSA) is 318 Å². The lowest BCUT2D eigenvalue weighted by Crippen LogP contribution is -2.25. The van der Waals surface area contributed by atoms with Gasteiger partial charge in [0.1, 0.15) is 38.5 Å². The Bertz CT molecular complexity index is 1900. The summed E-state index contributed by atoms with van der Waals surface area (Å²) in [6.45, 7) is -0.340. The van der Waals surface area contributed by atoms with Gasteiger partial charge in [0, 0.05) is 18.7 Å². The molecule has 0 atom stereocenters. The van der Waals surface area contributed by atoms with E-state index < -0.39 is 63.7 Å². The first-order chi connectivity index (χ1) is 20.4. The van der Waals surface area contributed by atoms with Gasteiger partial charge in [-0.3, -0.25) is 14.4 Å². The van der Waals surface area contributed by atoms with E-state index in [1.165, 1.54) is 17.9 Å². The van der Waals surface area contributed by atoms with Crippen LogP contribution in [0.4, 0.5) is 10.0 Å². The van der Waals surface area contributed by atoms with Crippen LogP contribution in [0.5, 0.6) is 0 Å². The fraction of sp³-hybridized carbons (Fsp3) is 0.368. The third-order valence-electron chi connectivity index (χ3n) is 4.57. The molecule has 1 aliphatic rings. The first kappa shape index (κ1) is 40.3. The molecule has 26 heteroatoms. The Kier molecular flexibility index (Phi) is 14.5. The highest BCUT2D eigenvalue weighted by Crippen LogP contribution is 2.36. The number of hydrogen-bond donors (Lipinski definition) is 6. The van der Waals surface area contributed by atoms with Crippen molar-refractivity contribution >= 4 is 107 Å². The van der Waals surface area contributed by atoms with Crippen molar-refractivity contribution in [2.45, 2.75) is 35.7 Å². The van der Waals surface area contributed by atoms with Crippen molar-refractivity contribution in [2.75, 3.05) is 30.7 Å². The van der Waals surface area contributed by atoms with Crippen molar-refractivity contribution < 1.29 is 57.9 Å². The van der Waals surface area contributed by atoms with E-state index in [-0.39, 0.29) is 56.3 Å². The lowest BCUT2D eigenvalue weighted by molar-refractivity contribution is -0.142. The Morgan fingerprint density at radius 3 is 1.96 bits per heavy atom. The minimum absolute atomic E-state index is 0.0489. The number of amidine groups is 1. The van der Waals surface area contributed by atoms with E-state index in [9.17, 15) is 48.1 Å². The number of carbonyl (C=O) groups excluding carboxylic acids is 2. The molecule has 45 heavy (non-hydrogen) atoms. The SMILES string of the molecule is COC(=O)CC(=O)Cl.CS(=O)(=O)NCc1csc(N)c1S(N)(=O)=O.CS(=O)(=O)NCc1csc2c1S(=O)(=O)N=C(CC(=O)O)N2. The van der Waals surface area contributed by atoms with Crippen LogP contribution in [0.15, 0.2) is 24.9 Å². The zero-order valence-electron chi connectivity index (χ0n) is 23.3. The largest absolute Gasteiger partial charge is 0.481 e. The molecule has 1 aliphatic heterocycles. The number of carbonyl (C=O) groups is 3. The first-order valence-corrected chi connectivity index (χ1v) is 20.2. The van der Waals surface area contributed by atoms with Crippen LogP contribution in [-0.2, 0) is 72.3 Å². The van der Waals surface area contributed by atoms with Crippen LogP contribution in [0, 0.1) is 0 Å². The van der Waals surface area contributed by atoms with Crippen LogP contribution < -0.4 is 25.6 Å². The summed E-state index contributed by atoms with van der Waals surface area (Å²) in [5, 5.41) is 18.8. The first-order valence-electron chi connectivity index (χ1n) is 11.3. The number of primary sulfonamides is 1. The molecule has 0 saturated heterocycles. The highest BCUT2D eigenvalue weighted by molar-refractivity contribution is 7.91. The summed E-state index contributed by atoms with van der Waals surface area (Å²) in [5.74, 6) is -2.00. The number of nitrogen functional groups attached to an aromatic ring is 1. The lowest BCUT2D eigenvalue weighted by atomic mass is 10.3. The van der Waals surface area contributed by atoms with Gasteiger partial charge in [0.25, 0.3) is 10.0 Å². The molecule has 0 spiro atoms. The summed E-state index contributed by atoms with van der Waals surface area (Å²) < 4.78 is 102. The minimum Gasteiger partial charge on any atom is -0.481 e. The monoisotopic (exact) mass is 774 g/mol.